The summed E-state index contributed by atoms with van der Waals surface area (Å²) in [4.78, 5) is 14.5. The van der Waals surface area contributed by atoms with E-state index in [0.29, 0.717) is 23.4 Å². The van der Waals surface area contributed by atoms with E-state index in [-0.39, 0.29) is 5.97 Å². The van der Waals surface area contributed by atoms with Gasteiger partial charge in [-0.15, -0.1) is 0 Å². The molecular formula is C20H32N2O3. The molecule has 1 aromatic heterocycles. The van der Waals surface area contributed by atoms with Crippen molar-refractivity contribution in [3.05, 3.63) is 23.2 Å². The normalized spacial score (nSPS) is 21.2. The van der Waals surface area contributed by atoms with Gasteiger partial charge in [0.25, 0.3) is 0 Å². The van der Waals surface area contributed by atoms with Gasteiger partial charge in [0.15, 0.2) is 0 Å². The summed E-state index contributed by atoms with van der Waals surface area (Å²) in [5.74, 6) is 1.11. The second kappa shape index (κ2) is 8.37. The molecular weight excluding hydrogens is 316 g/mol. The van der Waals surface area contributed by atoms with E-state index in [1.165, 1.54) is 71.6 Å². The van der Waals surface area contributed by atoms with Crippen molar-refractivity contribution >= 4 is 5.97 Å². The monoisotopic (exact) mass is 348 g/mol. The molecule has 2 heterocycles. The van der Waals surface area contributed by atoms with Crippen LogP contribution in [0.1, 0.15) is 73.2 Å². The maximum Gasteiger partial charge on any atom is 0.341 e. The number of rotatable bonds is 6. The Bertz CT molecular complexity index is 569. The van der Waals surface area contributed by atoms with Crippen LogP contribution in [-0.4, -0.2) is 43.2 Å². The molecule has 3 rings (SSSR count). The molecule has 0 aromatic carbocycles. The number of piperidine rings is 1. The van der Waals surface area contributed by atoms with Gasteiger partial charge in [-0.25, -0.2) is 4.79 Å². The topological polar surface area (TPSA) is 54.7 Å². The minimum atomic E-state index is -0.329. The van der Waals surface area contributed by atoms with Crippen LogP contribution >= 0.6 is 0 Å². The number of carbonyl (C=O) groups excluding carboxylic acids is 1. The molecule has 1 aliphatic carbocycles. The summed E-state index contributed by atoms with van der Waals surface area (Å²) in [6, 6.07) is 1.81. The number of carbonyl (C=O) groups is 1. The smallest absolute Gasteiger partial charge is 0.341 e. The van der Waals surface area contributed by atoms with Crippen molar-refractivity contribution < 1.29 is 13.9 Å². The zero-order valence-corrected chi connectivity index (χ0v) is 15.7. The van der Waals surface area contributed by atoms with Crippen LogP contribution in [0.5, 0.6) is 0 Å². The van der Waals surface area contributed by atoms with Gasteiger partial charge >= 0.3 is 5.97 Å². The highest BCUT2D eigenvalue weighted by Gasteiger charge is 2.37. The van der Waals surface area contributed by atoms with Crippen molar-refractivity contribution in [3.8, 4) is 0 Å². The molecule has 0 radical (unpaired) electrons. The van der Waals surface area contributed by atoms with Crippen LogP contribution in [0.4, 0.5) is 0 Å². The van der Waals surface area contributed by atoms with Crippen molar-refractivity contribution in [2.75, 3.05) is 26.7 Å². The van der Waals surface area contributed by atoms with Crippen molar-refractivity contribution in [1.29, 1.82) is 0 Å². The number of likely N-dealkylation sites (tertiary alicyclic amines) is 1. The Labute approximate surface area is 151 Å². The molecule has 0 unspecified atom stereocenters. The number of hydrogen-bond donors (Lipinski definition) is 1. The van der Waals surface area contributed by atoms with Crippen LogP contribution in [0.15, 0.2) is 10.5 Å². The Morgan fingerprint density at radius 1 is 1.20 bits per heavy atom. The van der Waals surface area contributed by atoms with Gasteiger partial charge in [-0.3, -0.25) is 4.90 Å². The Morgan fingerprint density at radius 3 is 2.56 bits per heavy atom. The van der Waals surface area contributed by atoms with Gasteiger partial charge in [-0.1, -0.05) is 25.7 Å². The second-order valence-electron chi connectivity index (χ2n) is 7.61. The third kappa shape index (κ3) is 4.26. The minimum Gasteiger partial charge on any atom is -0.465 e. The van der Waals surface area contributed by atoms with Crippen LogP contribution in [0.3, 0.4) is 0 Å². The molecule has 1 saturated carbocycles. The lowest BCUT2D eigenvalue weighted by molar-refractivity contribution is 0.0330. The summed E-state index contributed by atoms with van der Waals surface area (Å²) < 4.78 is 10.5. The van der Waals surface area contributed by atoms with Crippen LogP contribution in [0.25, 0.3) is 0 Å². The van der Waals surface area contributed by atoms with Crippen LogP contribution < -0.4 is 5.32 Å². The molecule has 0 atom stereocenters. The van der Waals surface area contributed by atoms with E-state index >= 15 is 0 Å². The van der Waals surface area contributed by atoms with Gasteiger partial charge in [-0.05, 0) is 51.8 Å². The lowest BCUT2D eigenvalue weighted by Crippen LogP contribution is -2.57. The molecule has 1 N–H and O–H groups in total. The minimum absolute atomic E-state index is 0.311. The van der Waals surface area contributed by atoms with Gasteiger partial charge in [0.05, 0.1) is 13.7 Å². The predicted molar refractivity (Wildman–Crippen MR) is 97.7 cm³/mol. The molecule has 140 valence electrons. The fourth-order valence-electron chi connectivity index (χ4n) is 4.54. The molecule has 0 spiro atoms. The SMILES string of the molecule is COC(=O)c1cc(CNCC2(N3CCCCC3)CCCCC2)oc1C. The van der Waals surface area contributed by atoms with E-state index in [9.17, 15) is 4.79 Å². The van der Waals surface area contributed by atoms with E-state index in [0.717, 1.165) is 12.3 Å². The maximum absolute atomic E-state index is 11.7. The highest BCUT2D eigenvalue weighted by Crippen LogP contribution is 2.35. The average molecular weight is 348 g/mol. The number of furan rings is 1. The van der Waals surface area contributed by atoms with Crippen LogP contribution in [-0.2, 0) is 11.3 Å². The lowest BCUT2D eigenvalue weighted by atomic mass is 9.79. The van der Waals surface area contributed by atoms with Crippen molar-refractivity contribution in [1.82, 2.24) is 10.2 Å². The Morgan fingerprint density at radius 2 is 1.88 bits per heavy atom. The molecule has 0 amide bonds. The zero-order valence-electron chi connectivity index (χ0n) is 15.7. The summed E-state index contributed by atoms with van der Waals surface area (Å²) in [6.07, 6.45) is 10.7. The molecule has 5 heteroatoms. The summed E-state index contributed by atoms with van der Waals surface area (Å²) in [5.41, 5.74) is 0.841. The summed E-state index contributed by atoms with van der Waals surface area (Å²) in [7, 11) is 1.40. The fraction of sp³-hybridized carbons (Fsp3) is 0.750. The van der Waals surface area contributed by atoms with Gasteiger partial charge in [-0.2, -0.15) is 0 Å². The van der Waals surface area contributed by atoms with E-state index in [1.54, 1.807) is 0 Å². The first kappa shape index (κ1) is 18.5. The highest BCUT2D eigenvalue weighted by atomic mass is 16.5. The number of ether oxygens (including phenoxy) is 1. The molecule has 2 aliphatic rings. The van der Waals surface area contributed by atoms with E-state index in [2.05, 4.69) is 10.2 Å². The Hall–Kier alpha value is -1.33. The predicted octanol–water partition coefficient (Wildman–Crippen LogP) is 3.65. The molecule has 0 bridgehead atoms. The molecule has 25 heavy (non-hydrogen) atoms. The first-order chi connectivity index (χ1) is 12.1. The van der Waals surface area contributed by atoms with E-state index in [4.69, 9.17) is 9.15 Å². The van der Waals surface area contributed by atoms with Crippen molar-refractivity contribution in [2.45, 2.75) is 70.4 Å². The first-order valence-corrected chi connectivity index (χ1v) is 9.78. The Balaban J connectivity index is 1.61. The summed E-state index contributed by atoms with van der Waals surface area (Å²) >= 11 is 0. The third-order valence-electron chi connectivity index (χ3n) is 5.94. The molecule has 5 nitrogen and oxygen atoms in total. The molecule has 1 aromatic rings. The molecule has 2 fully saturated rings. The number of esters is 1. The summed E-state index contributed by atoms with van der Waals surface area (Å²) in [6.45, 7) is 5.96. The molecule has 1 aliphatic heterocycles. The number of hydrogen-bond acceptors (Lipinski definition) is 5. The number of aryl methyl sites for hydroxylation is 1. The second-order valence-corrected chi connectivity index (χ2v) is 7.61. The zero-order chi connectivity index (χ0) is 17.7. The fourth-order valence-corrected chi connectivity index (χ4v) is 4.54. The highest BCUT2D eigenvalue weighted by molar-refractivity contribution is 5.90. The number of nitrogens with one attached hydrogen (secondary N) is 1. The van der Waals surface area contributed by atoms with E-state index < -0.39 is 0 Å². The quantitative estimate of drug-likeness (QED) is 0.795. The largest absolute Gasteiger partial charge is 0.465 e. The number of nitrogens with zero attached hydrogens (tertiary/aromatic N) is 1. The van der Waals surface area contributed by atoms with Crippen molar-refractivity contribution in [3.63, 3.8) is 0 Å². The number of methoxy groups -OCH3 is 1. The standard InChI is InChI=1S/C20H32N2O3/c1-16-18(19(23)24-2)13-17(25-16)14-21-15-20(9-5-3-6-10-20)22-11-7-4-8-12-22/h13,21H,3-12,14-15H2,1-2H3. The van der Waals surface area contributed by atoms with E-state index in [1.807, 2.05) is 13.0 Å². The Kier molecular flexibility index (Phi) is 6.18. The maximum atomic E-state index is 11.7. The van der Waals surface area contributed by atoms with Crippen LogP contribution in [0.2, 0.25) is 0 Å². The van der Waals surface area contributed by atoms with Gasteiger partial charge in [0, 0.05) is 12.1 Å². The average Bonchev–Trinajstić information content (AvgIpc) is 3.03. The first-order valence-electron chi connectivity index (χ1n) is 9.78. The van der Waals surface area contributed by atoms with Gasteiger partial charge in [0.1, 0.15) is 17.1 Å². The van der Waals surface area contributed by atoms with Gasteiger partial charge < -0.3 is 14.5 Å². The summed E-state index contributed by atoms with van der Waals surface area (Å²) in [5, 5.41) is 3.62. The van der Waals surface area contributed by atoms with Crippen LogP contribution in [0, 0.1) is 6.92 Å². The lowest BCUT2D eigenvalue weighted by Gasteiger charge is -2.48. The van der Waals surface area contributed by atoms with Gasteiger partial charge in [0.2, 0.25) is 0 Å². The van der Waals surface area contributed by atoms with Crippen molar-refractivity contribution in [2.24, 2.45) is 0 Å². The molecule has 1 saturated heterocycles. The third-order valence-corrected chi connectivity index (χ3v) is 5.94.